The predicted octanol–water partition coefficient (Wildman–Crippen LogP) is 3.87. The molecule has 2 amide bonds. The fourth-order valence-corrected chi connectivity index (χ4v) is 4.24. The van der Waals surface area contributed by atoms with E-state index >= 15 is 0 Å². The summed E-state index contributed by atoms with van der Waals surface area (Å²) in [5.41, 5.74) is -3.67. The standard InChI is InChI=1S/C14H12ClF3N4O3S2/c1-7-5-8(2)20-12(19-7)21-13(23)22-27(24,25)11-6-9(15)3-4-10(11)26-14(16,17)18/h3-6H,1-2H3,(H2,19,20,21,22,23). The van der Waals surface area contributed by atoms with E-state index in [1.54, 1.807) is 24.6 Å². The van der Waals surface area contributed by atoms with Crippen LogP contribution in [-0.4, -0.2) is 29.9 Å². The van der Waals surface area contributed by atoms with Crippen molar-refractivity contribution in [3.05, 3.63) is 40.7 Å². The van der Waals surface area contributed by atoms with Gasteiger partial charge in [-0.3, -0.25) is 5.32 Å². The fraction of sp³-hybridized carbons (Fsp3) is 0.214. The third-order valence-electron chi connectivity index (χ3n) is 2.86. The van der Waals surface area contributed by atoms with Gasteiger partial charge in [0, 0.05) is 21.3 Å². The molecule has 0 saturated heterocycles. The maximum atomic E-state index is 12.7. The van der Waals surface area contributed by atoms with Crippen molar-refractivity contribution in [1.82, 2.24) is 14.7 Å². The highest BCUT2D eigenvalue weighted by Gasteiger charge is 2.33. The number of sulfonamides is 1. The number of alkyl halides is 3. The van der Waals surface area contributed by atoms with Gasteiger partial charge >= 0.3 is 11.5 Å². The number of aryl methyl sites for hydroxylation is 2. The molecule has 7 nitrogen and oxygen atoms in total. The molecule has 146 valence electrons. The number of nitrogens with zero attached hydrogens (tertiary/aromatic N) is 2. The summed E-state index contributed by atoms with van der Waals surface area (Å²) in [4.78, 5) is 18.4. The van der Waals surface area contributed by atoms with Crippen molar-refractivity contribution in [1.29, 1.82) is 0 Å². The Morgan fingerprint density at radius 2 is 1.74 bits per heavy atom. The van der Waals surface area contributed by atoms with Crippen molar-refractivity contribution >= 4 is 45.4 Å². The topological polar surface area (TPSA) is 101 Å². The van der Waals surface area contributed by atoms with Crippen molar-refractivity contribution < 1.29 is 26.4 Å². The number of amides is 2. The Kier molecular flexibility index (Phi) is 6.22. The van der Waals surface area contributed by atoms with Gasteiger partial charge in [0.25, 0.3) is 10.0 Å². The molecule has 27 heavy (non-hydrogen) atoms. The second-order valence-electron chi connectivity index (χ2n) is 5.17. The minimum Gasteiger partial charge on any atom is -0.275 e. The van der Waals surface area contributed by atoms with Gasteiger partial charge in [0.05, 0.1) is 0 Å². The van der Waals surface area contributed by atoms with Gasteiger partial charge in [-0.15, -0.1) is 0 Å². The van der Waals surface area contributed by atoms with Crippen molar-refractivity contribution in [3.8, 4) is 0 Å². The van der Waals surface area contributed by atoms with Crippen LogP contribution in [-0.2, 0) is 10.0 Å². The van der Waals surface area contributed by atoms with Crippen molar-refractivity contribution in [2.75, 3.05) is 5.32 Å². The number of hydrogen-bond donors (Lipinski definition) is 2. The van der Waals surface area contributed by atoms with E-state index in [0.717, 1.165) is 18.2 Å². The molecule has 0 fully saturated rings. The second-order valence-corrected chi connectivity index (χ2v) is 8.37. The van der Waals surface area contributed by atoms with E-state index in [0.29, 0.717) is 11.4 Å². The van der Waals surface area contributed by atoms with E-state index in [4.69, 9.17) is 11.6 Å². The Labute approximate surface area is 161 Å². The predicted molar refractivity (Wildman–Crippen MR) is 94.2 cm³/mol. The molecular weight excluding hydrogens is 429 g/mol. The Balaban J connectivity index is 2.28. The number of hydrogen-bond acceptors (Lipinski definition) is 6. The number of nitrogens with one attached hydrogen (secondary N) is 2. The SMILES string of the molecule is Cc1cc(C)nc(NC(=O)NS(=O)(=O)c2cc(Cl)ccc2SC(F)(F)F)n1. The molecule has 0 saturated carbocycles. The highest BCUT2D eigenvalue weighted by molar-refractivity contribution is 8.01. The summed E-state index contributed by atoms with van der Waals surface area (Å²) in [7, 11) is -4.65. The summed E-state index contributed by atoms with van der Waals surface area (Å²) in [5, 5.41) is 2.01. The van der Waals surface area contributed by atoms with Gasteiger partial charge in [-0.05, 0) is 49.9 Å². The molecule has 2 aromatic rings. The number of rotatable bonds is 4. The number of carbonyl (C=O) groups excluding carboxylic acids is 1. The van der Waals surface area contributed by atoms with Crippen LogP contribution in [0.2, 0.25) is 5.02 Å². The molecule has 0 atom stereocenters. The molecule has 1 aromatic heterocycles. The van der Waals surface area contributed by atoms with Crippen LogP contribution in [0.15, 0.2) is 34.1 Å². The summed E-state index contributed by atoms with van der Waals surface area (Å²) in [6.45, 7) is 3.28. The zero-order chi connectivity index (χ0) is 20.4. The van der Waals surface area contributed by atoms with Gasteiger partial charge in [0.15, 0.2) is 0 Å². The van der Waals surface area contributed by atoms with Crippen LogP contribution in [0, 0.1) is 13.8 Å². The van der Waals surface area contributed by atoms with Crippen molar-refractivity contribution in [3.63, 3.8) is 0 Å². The smallest absolute Gasteiger partial charge is 0.275 e. The van der Waals surface area contributed by atoms with Gasteiger partial charge in [-0.25, -0.2) is 27.9 Å². The van der Waals surface area contributed by atoms with Crippen LogP contribution < -0.4 is 10.0 Å². The largest absolute Gasteiger partial charge is 0.446 e. The Morgan fingerprint density at radius 3 is 2.30 bits per heavy atom. The molecule has 0 aliphatic carbocycles. The molecule has 2 rings (SSSR count). The quantitative estimate of drug-likeness (QED) is 0.700. The maximum absolute atomic E-state index is 12.7. The third-order valence-corrected chi connectivity index (χ3v) is 5.40. The number of carbonyl (C=O) groups is 1. The summed E-state index contributed by atoms with van der Waals surface area (Å²) in [5.74, 6) is -0.156. The van der Waals surface area contributed by atoms with E-state index in [1.807, 2.05) is 0 Å². The molecule has 0 spiro atoms. The molecule has 1 heterocycles. The first-order valence-electron chi connectivity index (χ1n) is 7.07. The lowest BCUT2D eigenvalue weighted by Crippen LogP contribution is -2.35. The van der Waals surface area contributed by atoms with Gasteiger partial charge in [0.1, 0.15) is 4.90 Å². The molecular formula is C14H12ClF3N4O3S2. The fourth-order valence-electron chi connectivity index (χ4n) is 1.99. The van der Waals surface area contributed by atoms with Crippen LogP contribution in [0.5, 0.6) is 0 Å². The average molecular weight is 441 g/mol. The van der Waals surface area contributed by atoms with Crippen LogP contribution in [0.4, 0.5) is 23.9 Å². The first-order valence-corrected chi connectivity index (χ1v) is 9.75. The Bertz CT molecular complexity index is 964. The Morgan fingerprint density at radius 1 is 1.15 bits per heavy atom. The van der Waals surface area contributed by atoms with Gasteiger partial charge in [-0.1, -0.05) is 11.6 Å². The molecule has 0 aliphatic heterocycles. The molecule has 0 unspecified atom stereocenters. The zero-order valence-corrected chi connectivity index (χ0v) is 16.1. The second kappa shape index (κ2) is 7.90. The van der Waals surface area contributed by atoms with Crippen LogP contribution in [0.3, 0.4) is 0 Å². The Hall–Kier alpha value is -2.05. The molecule has 0 bridgehead atoms. The van der Waals surface area contributed by atoms with E-state index in [1.165, 1.54) is 0 Å². The number of urea groups is 1. The highest BCUT2D eigenvalue weighted by atomic mass is 35.5. The molecule has 0 radical (unpaired) electrons. The third kappa shape index (κ3) is 6.26. The number of halogens is 4. The number of benzene rings is 1. The van der Waals surface area contributed by atoms with Gasteiger partial charge in [-0.2, -0.15) is 13.2 Å². The number of thioether (sulfide) groups is 1. The molecule has 1 aromatic carbocycles. The monoisotopic (exact) mass is 440 g/mol. The van der Waals surface area contributed by atoms with Gasteiger partial charge < -0.3 is 0 Å². The van der Waals surface area contributed by atoms with E-state index in [-0.39, 0.29) is 11.0 Å². The van der Waals surface area contributed by atoms with Crippen molar-refractivity contribution in [2.45, 2.75) is 29.1 Å². The van der Waals surface area contributed by atoms with Crippen LogP contribution >= 0.6 is 23.4 Å². The first kappa shape index (κ1) is 21.3. The van der Waals surface area contributed by atoms with E-state index in [9.17, 15) is 26.4 Å². The molecule has 2 N–H and O–H groups in total. The first-order chi connectivity index (χ1) is 12.4. The lowest BCUT2D eigenvalue weighted by atomic mass is 10.4. The van der Waals surface area contributed by atoms with E-state index < -0.39 is 43.1 Å². The minimum atomic E-state index is -4.73. The average Bonchev–Trinajstić information content (AvgIpc) is 2.45. The molecule has 13 heteroatoms. The number of anilines is 1. The van der Waals surface area contributed by atoms with Gasteiger partial charge in [0.2, 0.25) is 5.95 Å². The summed E-state index contributed by atoms with van der Waals surface area (Å²) < 4.78 is 64.3. The minimum absolute atomic E-state index is 0.111. The highest BCUT2D eigenvalue weighted by Crippen LogP contribution is 2.40. The lowest BCUT2D eigenvalue weighted by Gasteiger charge is -2.13. The zero-order valence-electron chi connectivity index (χ0n) is 13.8. The summed E-state index contributed by atoms with van der Waals surface area (Å²) in [6.07, 6.45) is 0. The number of aromatic nitrogens is 2. The lowest BCUT2D eigenvalue weighted by molar-refractivity contribution is -0.0329. The summed E-state index contributed by atoms with van der Waals surface area (Å²) in [6, 6.07) is 3.23. The van der Waals surface area contributed by atoms with Crippen molar-refractivity contribution in [2.24, 2.45) is 0 Å². The maximum Gasteiger partial charge on any atom is 0.446 e. The van der Waals surface area contributed by atoms with Crippen LogP contribution in [0.25, 0.3) is 0 Å². The van der Waals surface area contributed by atoms with E-state index in [2.05, 4.69) is 15.3 Å². The van der Waals surface area contributed by atoms with Crippen LogP contribution in [0.1, 0.15) is 11.4 Å². The summed E-state index contributed by atoms with van der Waals surface area (Å²) >= 11 is 5.06. The normalized spacial score (nSPS) is 11.9. The molecule has 0 aliphatic rings.